The van der Waals surface area contributed by atoms with E-state index in [4.69, 9.17) is 5.11 Å². The summed E-state index contributed by atoms with van der Waals surface area (Å²) in [6.45, 7) is 18.4. The number of para-hydroxylation sites is 1. The molecule has 0 saturated carbocycles. The lowest BCUT2D eigenvalue weighted by atomic mass is 9.79. The molecule has 25 heavy (non-hydrogen) atoms. The second kappa shape index (κ2) is 8.56. The van der Waals surface area contributed by atoms with Crippen LogP contribution in [0.15, 0.2) is 48.5 Å². The van der Waals surface area contributed by atoms with Gasteiger partial charge in [-0.2, -0.15) is 0 Å². The summed E-state index contributed by atoms with van der Waals surface area (Å²) < 4.78 is 0. The van der Waals surface area contributed by atoms with Crippen LogP contribution in [0.4, 0.5) is 0 Å². The monoisotopic (exact) mass is 340 g/mol. The van der Waals surface area contributed by atoms with Crippen molar-refractivity contribution in [2.45, 2.75) is 72.6 Å². The van der Waals surface area contributed by atoms with Crippen molar-refractivity contribution in [3.05, 3.63) is 65.2 Å². The van der Waals surface area contributed by atoms with Crippen LogP contribution in [0, 0.1) is 5.92 Å². The Morgan fingerprint density at radius 3 is 1.48 bits per heavy atom. The molecule has 0 unspecified atom stereocenters. The van der Waals surface area contributed by atoms with Crippen molar-refractivity contribution in [3.8, 4) is 5.75 Å². The predicted molar refractivity (Wildman–Crippen MR) is 110 cm³/mol. The molecule has 1 N–H and O–H groups in total. The van der Waals surface area contributed by atoms with E-state index in [1.165, 1.54) is 23.1 Å². The zero-order valence-electron chi connectivity index (χ0n) is 17.4. The highest BCUT2D eigenvalue weighted by molar-refractivity contribution is 5.37. The zero-order valence-corrected chi connectivity index (χ0v) is 17.4. The van der Waals surface area contributed by atoms with Crippen LogP contribution in [-0.4, -0.2) is 5.11 Å². The first-order chi connectivity index (χ1) is 11.4. The highest BCUT2D eigenvalue weighted by Crippen LogP contribution is 2.30. The van der Waals surface area contributed by atoms with Crippen molar-refractivity contribution in [1.82, 2.24) is 0 Å². The van der Waals surface area contributed by atoms with Gasteiger partial charge in [0.25, 0.3) is 0 Å². The molecule has 0 aliphatic heterocycles. The number of benzene rings is 2. The fourth-order valence-electron chi connectivity index (χ4n) is 2.58. The summed E-state index contributed by atoms with van der Waals surface area (Å²) in [6.07, 6.45) is 1.17. The lowest BCUT2D eigenvalue weighted by Crippen LogP contribution is -2.17. The average molecular weight is 341 g/mol. The van der Waals surface area contributed by atoms with Gasteiger partial charge < -0.3 is 5.11 Å². The van der Waals surface area contributed by atoms with Crippen molar-refractivity contribution in [3.63, 3.8) is 0 Å². The smallest absolute Gasteiger partial charge is 0.115 e. The first kappa shape index (κ1) is 21.3. The number of hydrogen-bond donors (Lipinski definition) is 1. The molecule has 2 aromatic carbocycles. The average Bonchev–Trinajstić information content (AvgIpc) is 2.46. The largest absolute Gasteiger partial charge is 0.508 e. The molecule has 1 nitrogen and oxygen atoms in total. The maximum absolute atomic E-state index is 8.63. The van der Waals surface area contributed by atoms with Gasteiger partial charge in [0, 0.05) is 0 Å². The van der Waals surface area contributed by atoms with E-state index >= 15 is 0 Å². The van der Waals surface area contributed by atoms with E-state index in [9.17, 15) is 0 Å². The van der Waals surface area contributed by atoms with E-state index in [-0.39, 0.29) is 10.8 Å². The van der Waals surface area contributed by atoms with Gasteiger partial charge in [-0.15, -0.1) is 0 Å². The highest BCUT2D eigenvalue weighted by atomic mass is 16.3. The topological polar surface area (TPSA) is 20.2 Å². The Balaban J connectivity index is 0.000000370. The molecule has 0 fully saturated rings. The molecular weight excluding hydrogens is 304 g/mol. The maximum Gasteiger partial charge on any atom is 0.115 e. The third kappa shape index (κ3) is 7.77. The van der Waals surface area contributed by atoms with Crippen LogP contribution < -0.4 is 0 Å². The van der Waals surface area contributed by atoms with E-state index in [0.717, 1.165) is 0 Å². The lowest BCUT2D eigenvalue weighted by molar-refractivity contribution is 0.475. The fourth-order valence-corrected chi connectivity index (χ4v) is 2.58. The zero-order chi connectivity index (χ0) is 19.3. The summed E-state index contributed by atoms with van der Waals surface area (Å²) in [4.78, 5) is 0. The third-order valence-corrected chi connectivity index (χ3v) is 4.12. The van der Waals surface area contributed by atoms with Gasteiger partial charge in [-0.3, -0.25) is 0 Å². The number of rotatable bonds is 2. The van der Waals surface area contributed by atoms with Gasteiger partial charge in [-0.1, -0.05) is 91.8 Å². The molecular formula is C24H36O. The molecule has 2 rings (SSSR count). The molecule has 0 aliphatic carbocycles. The van der Waals surface area contributed by atoms with Crippen LogP contribution in [0.2, 0.25) is 0 Å². The fraction of sp³-hybridized carbons (Fsp3) is 0.500. The molecule has 0 spiro atoms. The van der Waals surface area contributed by atoms with Gasteiger partial charge in [0.05, 0.1) is 0 Å². The summed E-state index contributed by atoms with van der Waals surface area (Å²) in [5, 5.41) is 8.63. The minimum absolute atomic E-state index is 0.229. The first-order valence-electron chi connectivity index (χ1n) is 9.28. The number of aromatic hydroxyl groups is 1. The van der Waals surface area contributed by atoms with Gasteiger partial charge in [0.1, 0.15) is 5.75 Å². The van der Waals surface area contributed by atoms with Crippen molar-refractivity contribution >= 4 is 0 Å². The van der Waals surface area contributed by atoms with Crippen LogP contribution in [0.5, 0.6) is 5.75 Å². The Labute approximate surface area is 155 Å². The molecule has 0 aliphatic rings. The number of phenolic OH excluding ortho intramolecular Hbond substituents is 1. The van der Waals surface area contributed by atoms with Gasteiger partial charge in [-0.05, 0) is 52.0 Å². The second-order valence-electron chi connectivity index (χ2n) is 9.35. The molecule has 0 bridgehead atoms. The van der Waals surface area contributed by atoms with E-state index in [1.54, 1.807) is 24.3 Å². The Hall–Kier alpha value is -1.76. The molecule has 0 saturated heterocycles. The third-order valence-electron chi connectivity index (χ3n) is 4.12. The summed E-state index contributed by atoms with van der Waals surface area (Å²) >= 11 is 0. The molecule has 0 radical (unpaired) electrons. The molecule has 0 aromatic heterocycles. The first-order valence-corrected chi connectivity index (χ1v) is 9.28. The van der Waals surface area contributed by atoms with Gasteiger partial charge in [0.15, 0.2) is 0 Å². The number of hydrogen-bond acceptors (Lipinski definition) is 1. The van der Waals surface area contributed by atoms with Crippen LogP contribution in [0.1, 0.15) is 72.1 Å². The highest BCUT2D eigenvalue weighted by Gasteiger charge is 2.20. The van der Waals surface area contributed by atoms with Crippen molar-refractivity contribution in [2.24, 2.45) is 5.92 Å². The van der Waals surface area contributed by atoms with Crippen molar-refractivity contribution in [2.75, 3.05) is 0 Å². The molecule has 138 valence electrons. The van der Waals surface area contributed by atoms with E-state index < -0.39 is 0 Å². The molecule has 0 atom stereocenters. The van der Waals surface area contributed by atoms with Gasteiger partial charge >= 0.3 is 0 Å². The quantitative estimate of drug-likeness (QED) is 0.632. The van der Waals surface area contributed by atoms with Crippen LogP contribution in [0.25, 0.3) is 0 Å². The summed E-state index contributed by atoms with van der Waals surface area (Å²) in [7, 11) is 0. The standard InChI is InChI=1S/C18H30.C6H6O/c1-13(2)9-14-10-15(17(3,4)5)12-16(11-14)18(6,7)8;7-6-4-2-1-3-5-6/h10-13H,9H2,1-8H3;1-5,7H. The van der Waals surface area contributed by atoms with Crippen molar-refractivity contribution < 1.29 is 5.11 Å². The number of phenols is 1. The van der Waals surface area contributed by atoms with Gasteiger partial charge in [0.2, 0.25) is 0 Å². The van der Waals surface area contributed by atoms with E-state index in [2.05, 4.69) is 73.6 Å². The lowest BCUT2D eigenvalue weighted by Gasteiger charge is -2.26. The minimum Gasteiger partial charge on any atom is -0.508 e. The van der Waals surface area contributed by atoms with E-state index in [1.807, 2.05) is 6.07 Å². The Bertz CT molecular complexity index is 608. The van der Waals surface area contributed by atoms with Crippen LogP contribution >= 0.6 is 0 Å². The summed E-state index contributed by atoms with van der Waals surface area (Å²) in [6, 6.07) is 15.9. The maximum atomic E-state index is 8.63. The Morgan fingerprint density at radius 1 is 0.760 bits per heavy atom. The van der Waals surface area contributed by atoms with Gasteiger partial charge in [-0.25, -0.2) is 0 Å². The summed E-state index contributed by atoms with van der Waals surface area (Å²) in [5.41, 5.74) is 4.87. The minimum atomic E-state index is 0.229. The Kier molecular flexibility index (Phi) is 7.29. The Morgan fingerprint density at radius 2 is 1.20 bits per heavy atom. The van der Waals surface area contributed by atoms with Crippen molar-refractivity contribution in [1.29, 1.82) is 0 Å². The normalized spacial score (nSPS) is 11.9. The summed E-state index contributed by atoms with van der Waals surface area (Å²) in [5.74, 6) is 1.04. The van der Waals surface area contributed by atoms with Crippen LogP contribution in [0.3, 0.4) is 0 Å². The molecule has 0 amide bonds. The SMILES string of the molecule is CC(C)Cc1cc(C(C)(C)C)cc(C(C)(C)C)c1.Oc1ccccc1. The van der Waals surface area contributed by atoms with E-state index in [0.29, 0.717) is 11.7 Å². The van der Waals surface area contributed by atoms with Crippen LogP contribution in [-0.2, 0) is 17.3 Å². The molecule has 0 heterocycles. The second-order valence-corrected chi connectivity index (χ2v) is 9.35. The predicted octanol–water partition coefficient (Wildman–Crippen LogP) is 6.87. The molecule has 2 aromatic rings. The molecule has 1 heteroatoms.